The van der Waals surface area contributed by atoms with Crippen molar-refractivity contribution in [2.75, 3.05) is 25.2 Å². The summed E-state index contributed by atoms with van der Waals surface area (Å²) >= 11 is 3.48. The van der Waals surface area contributed by atoms with E-state index in [2.05, 4.69) is 28.2 Å². The molecule has 0 spiro atoms. The molecule has 0 aliphatic heterocycles. The molecule has 0 atom stereocenters. The third-order valence-corrected chi connectivity index (χ3v) is 4.13. The monoisotopic (exact) mass is 363 g/mol. The van der Waals surface area contributed by atoms with E-state index in [0.717, 1.165) is 34.3 Å². The van der Waals surface area contributed by atoms with E-state index in [1.54, 1.807) is 0 Å². The number of ether oxygens (including phenoxy) is 1. The van der Waals surface area contributed by atoms with Crippen molar-refractivity contribution < 1.29 is 13.2 Å². The molecule has 0 amide bonds. The molecule has 0 aliphatic rings. The van der Waals surface area contributed by atoms with E-state index in [-0.39, 0.29) is 12.4 Å². The van der Waals surface area contributed by atoms with Gasteiger partial charge in [0.1, 0.15) is 12.4 Å². The van der Waals surface area contributed by atoms with Crippen LogP contribution in [-0.2, 0) is 16.4 Å². The summed E-state index contributed by atoms with van der Waals surface area (Å²) in [6, 6.07) is 3.98. The van der Waals surface area contributed by atoms with Crippen LogP contribution in [0.4, 0.5) is 0 Å². The van der Waals surface area contributed by atoms with Crippen LogP contribution in [0.25, 0.3) is 0 Å². The number of aryl methyl sites for hydroxylation is 1. The first-order chi connectivity index (χ1) is 9.33. The van der Waals surface area contributed by atoms with Gasteiger partial charge in [-0.05, 0) is 37.6 Å². The predicted molar refractivity (Wildman–Crippen MR) is 86.1 cm³/mol. The SMILES string of the molecule is CCCNCc1cc(Br)cc(C)c1OCCS(C)(=O)=O. The van der Waals surface area contributed by atoms with Crippen LogP contribution in [0.1, 0.15) is 24.5 Å². The molecule has 114 valence electrons. The summed E-state index contributed by atoms with van der Waals surface area (Å²) in [6.45, 7) is 5.91. The summed E-state index contributed by atoms with van der Waals surface area (Å²) < 4.78 is 29.0. The number of hydrogen-bond acceptors (Lipinski definition) is 4. The molecule has 20 heavy (non-hydrogen) atoms. The molecule has 0 unspecified atom stereocenters. The topological polar surface area (TPSA) is 55.4 Å². The van der Waals surface area contributed by atoms with E-state index in [1.807, 2.05) is 19.1 Å². The lowest BCUT2D eigenvalue weighted by molar-refractivity contribution is 0.334. The van der Waals surface area contributed by atoms with Crippen molar-refractivity contribution in [3.63, 3.8) is 0 Å². The van der Waals surface area contributed by atoms with Crippen molar-refractivity contribution in [1.29, 1.82) is 0 Å². The van der Waals surface area contributed by atoms with Gasteiger partial charge in [-0.1, -0.05) is 22.9 Å². The fourth-order valence-corrected chi connectivity index (χ4v) is 2.84. The molecule has 1 N–H and O–H groups in total. The quantitative estimate of drug-likeness (QED) is 0.721. The summed E-state index contributed by atoms with van der Waals surface area (Å²) in [4.78, 5) is 0. The summed E-state index contributed by atoms with van der Waals surface area (Å²) in [5.41, 5.74) is 2.04. The number of sulfone groups is 1. The largest absolute Gasteiger partial charge is 0.492 e. The van der Waals surface area contributed by atoms with Crippen LogP contribution in [0.5, 0.6) is 5.75 Å². The molecule has 1 aromatic rings. The lowest BCUT2D eigenvalue weighted by Gasteiger charge is -2.15. The van der Waals surface area contributed by atoms with Crippen LogP contribution in [0.15, 0.2) is 16.6 Å². The Hall–Kier alpha value is -0.590. The molecule has 0 aliphatic carbocycles. The van der Waals surface area contributed by atoms with Crippen molar-refractivity contribution in [3.05, 3.63) is 27.7 Å². The summed E-state index contributed by atoms with van der Waals surface area (Å²) in [6.07, 6.45) is 2.28. The fourth-order valence-electron chi connectivity index (χ4n) is 1.83. The first-order valence-corrected chi connectivity index (χ1v) is 9.49. The number of nitrogens with one attached hydrogen (secondary N) is 1. The summed E-state index contributed by atoms with van der Waals surface area (Å²) in [5.74, 6) is 0.810. The Bertz CT molecular complexity index is 544. The van der Waals surface area contributed by atoms with Crippen LogP contribution in [0.3, 0.4) is 0 Å². The van der Waals surface area contributed by atoms with Crippen LogP contribution in [0, 0.1) is 6.92 Å². The third kappa shape index (κ3) is 6.24. The van der Waals surface area contributed by atoms with Gasteiger partial charge in [0.15, 0.2) is 9.84 Å². The van der Waals surface area contributed by atoms with Gasteiger partial charge in [-0.2, -0.15) is 0 Å². The van der Waals surface area contributed by atoms with Gasteiger partial charge in [0.2, 0.25) is 0 Å². The van der Waals surface area contributed by atoms with Crippen molar-refractivity contribution in [3.8, 4) is 5.75 Å². The zero-order chi connectivity index (χ0) is 15.2. The van der Waals surface area contributed by atoms with Crippen LogP contribution < -0.4 is 10.1 Å². The van der Waals surface area contributed by atoms with Crippen LogP contribution in [-0.4, -0.2) is 33.6 Å². The minimum Gasteiger partial charge on any atom is -0.492 e. The molecule has 0 radical (unpaired) electrons. The number of rotatable bonds is 8. The van der Waals surface area contributed by atoms with Crippen molar-refractivity contribution in [2.24, 2.45) is 0 Å². The first-order valence-electron chi connectivity index (χ1n) is 6.63. The minimum absolute atomic E-state index is 0.0321. The lowest BCUT2D eigenvalue weighted by atomic mass is 10.1. The first kappa shape index (κ1) is 17.5. The van der Waals surface area contributed by atoms with Crippen LogP contribution >= 0.6 is 15.9 Å². The van der Waals surface area contributed by atoms with Crippen LogP contribution in [0.2, 0.25) is 0 Å². The number of halogens is 1. The minimum atomic E-state index is -3.00. The molecular weight excluding hydrogens is 342 g/mol. The molecule has 6 heteroatoms. The molecule has 1 aromatic carbocycles. The average Bonchev–Trinajstić information content (AvgIpc) is 2.31. The van der Waals surface area contributed by atoms with Gasteiger partial charge >= 0.3 is 0 Å². The maximum Gasteiger partial charge on any atom is 0.150 e. The summed E-state index contributed by atoms with van der Waals surface area (Å²) in [5, 5.41) is 3.33. The van der Waals surface area contributed by atoms with Gasteiger partial charge < -0.3 is 10.1 Å². The number of benzene rings is 1. The Kier molecular flexibility index (Phi) is 6.99. The standard InChI is InChI=1S/C14H22BrNO3S/c1-4-5-16-10-12-9-13(15)8-11(2)14(12)19-6-7-20(3,17)18/h8-9,16H,4-7,10H2,1-3H3. The second-order valence-electron chi connectivity index (χ2n) is 4.87. The van der Waals surface area contributed by atoms with Gasteiger partial charge in [0.25, 0.3) is 0 Å². The predicted octanol–water partition coefficient (Wildman–Crippen LogP) is 2.68. The zero-order valence-electron chi connectivity index (χ0n) is 12.2. The second-order valence-corrected chi connectivity index (χ2v) is 8.04. The maximum atomic E-state index is 11.2. The Labute approximate surface area is 130 Å². The molecular formula is C14H22BrNO3S. The van der Waals surface area contributed by atoms with Gasteiger partial charge in [-0.3, -0.25) is 0 Å². The van der Waals surface area contributed by atoms with E-state index in [4.69, 9.17) is 4.74 Å². The molecule has 0 bridgehead atoms. The molecule has 0 aromatic heterocycles. The molecule has 4 nitrogen and oxygen atoms in total. The highest BCUT2D eigenvalue weighted by Crippen LogP contribution is 2.28. The Morgan fingerprint density at radius 2 is 2.05 bits per heavy atom. The molecule has 0 heterocycles. The number of hydrogen-bond donors (Lipinski definition) is 1. The molecule has 0 fully saturated rings. The highest BCUT2D eigenvalue weighted by Gasteiger charge is 2.10. The van der Waals surface area contributed by atoms with E-state index in [9.17, 15) is 8.42 Å². The van der Waals surface area contributed by atoms with E-state index in [1.165, 1.54) is 6.26 Å². The highest BCUT2D eigenvalue weighted by molar-refractivity contribution is 9.10. The Morgan fingerprint density at radius 3 is 2.65 bits per heavy atom. The molecule has 0 saturated heterocycles. The lowest BCUT2D eigenvalue weighted by Crippen LogP contribution is -2.17. The van der Waals surface area contributed by atoms with E-state index < -0.39 is 9.84 Å². The van der Waals surface area contributed by atoms with Crippen molar-refractivity contribution >= 4 is 25.8 Å². The smallest absolute Gasteiger partial charge is 0.150 e. The molecule has 0 saturated carbocycles. The zero-order valence-corrected chi connectivity index (χ0v) is 14.6. The van der Waals surface area contributed by atoms with Gasteiger partial charge in [0, 0.05) is 22.8 Å². The van der Waals surface area contributed by atoms with Crippen molar-refractivity contribution in [2.45, 2.75) is 26.8 Å². The highest BCUT2D eigenvalue weighted by atomic mass is 79.9. The van der Waals surface area contributed by atoms with E-state index in [0.29, 0.717) is 6.54 Å². The van der Waals surface area contributed by atoms with Gasteiger partial charge in [-0.25, -0.2) is 8.42 Å². The second kappa shape index (κ2) is 8.00. The normalized spacial score (nSPS) is 11.6. The summed E-state index contributed by atoms with van der Waals surface area (Å²) in [7, 11) is -3.00. The van der Waals surface area contributed by atoms with E-state index >= 15 is 0 Å². The Morgan fingerprint density at radius 1 is 1.35 bits per heavy atom. The van der Waals surface area contributed by atoms with Crippen molar-refractivity contribution in [1.82, 2.24) is 5.32 Å². The Balaban J connectivity index is 2.80. The average molecular weight is 364 g/mol. The van der Waals surface area contributed by atoms with Gasteiger partial charge in [0.05, 0.1) is 5.75 Å². The molecule has 1 rings (SSSR count). The van der Waals surface area contributed by atoms with Gasteiger partial charge in [-0.15, -0.1) is 0 Å². The maximum absolute atomic E-state index is 11.2. The fraction of sp³-hybridized carbons (Fsp3) is 0.571. The third-order valence-electron chi connectivity index (χ3n) is 2.76.